The van der Waals surface area contributed by atoms with Crippen molar-refractivity contribution in [1.29, 1.82) is 0 Å². The molecule has 2 aromatic carbocycles. The standard InChI is InChI=1S/C23H22N4O3/c1-26-19(9-12-25-26)16-5-4-6-17(15-16)21(28)27-22(29)18-7-2-3-8-20(18)30-23(27)10-13-24-14-11-23/h2-9,12,15,24H,10-11,13-14H2,1H3. The van der Waals surface area contributed by atoms with Gasteiger partial charge in [0.2, 0.25) is 0 Å². The summed E-state index contributed by atoms with van der Waals surface area (Å²) in [5.41, 5.74) is 1.65. The zero-order valence-electron chi connectivity index (χ0n) is 16.7. The second-order valence-corrected chi connectivity index (χ2v) is 7.66. The van der Waals surface area contributed by atoms with Gasteiger partial charge in [-0.25, -0.2) is 4.90 Å². The summed E-state index contributed by atoms with van der Waals surface area (Å²) in [4.78, 5) is 28.5. The van der Waals surface area contributed by atoms with Crippen molar-refractivity contribution in [3.8, 4) is 17.0 Å². The summed E-state index contributed by atoms with van der Waals surface area (Å²) in [5, 5.41) is 7.49. The van der Waals surface area contributed by atoms with Crippen LogP contribution in [0.1, 0.15) is 33.6 Å². The number of benzene rings is 2. The molecule has 3 aromatic rings. The van der Waals surface area contributed by atoms with Gasteiger partial charge in [-0.2, -0.15) is 5.10 Å². The Bertz CT molecular complexity index is 1130. The van der Waals surface area contributed by atoms with Crippen LogP contribution in [-0.4, -0.2) is 45.3 Å². The molecule has 2 aliphatic rings. The van der Waals surface area contributed by atoms with Crippen molar-refractivity contribution in [2.45, 2.75) is 18.6 Å². The third-order valence-corrected chi connectivity index (χ3v) is 5.84. The summed E-state index contributed by atoms with van der Waals surface area (Å²) in [6, 6.07) is 16.3. The lowest BCUT2D eigenvalue weighted by atomic mass is 9.94. The smallest absolute Gasteiger partial charge is 0.267 e. The van der Waals surface area contributed by atoms with Gasteiger partial charge >= 0.3 is 0 Å². The van der Waals surface area contributed by atoms with Gasteiger partial charge in [-0.3, -0.25) is 14.3 Å². The van der Waals surface area contributed by atoms with Crippen LogP contribution in [0.2, 0.25) is 0 Å². The quantitative estimate of drug-likeness (QED) is 0.667. The van der Waals surface area contributed by atoms with Crippen molar-refractivity contribution in [1.82, 2.24) is 20.0 Å². The maximum Gasteiger partial charge on any atom is 0.267 e. The van der Waals surface area contributed by atoms with Crippen LogP contribution in [0.3, 0.4) is 0 Å². The maximum absolute atomic E-state index is 13.7. The van der Waals surface area contributed by atoms with E-state index < -0.39 is 5.72 Å². The van der Waals surface area contributed by atoms with E-state index >= 15 is 0 Å². The first kappa shape index (κ1) is 18.6. The second-order valence-electron chi connectivity index (χ2n) is 7.66. The summed E-state index contributed by atoms with van der Waals surface area (Å²) in [6.07, 6.45) is 2.80. The molecule has 1 spiro atoms. The molecular formula is C23H22N4O3. The van der Waals surface area contributed by atoms with Crippen LogP contribution in [0, 0.1) is 0 Å². The molecule has 7 heteroatoms. The Morgan fingerprint density at radius 3 is 2.67 bits per heavy atom. The molecule has 2 amide bonds. The molecular weight excluding hydrogens is 380 g/mol. The molecule has 0 saturated carbocycles. The van der Waals surface area contributed by atoms with Gasteiger partial charge in [-0.1, -0.05) is 24.3 Å². The molecule has 1 N–H and O–H groups in total. The van der Waals surface area contributed by atoms with Crippen molar-refractivity contribution in [3.63, 3.8) is 0 Å². The van der Waals surface area contributed by atoms with Crippen LogP contribution < -0.4 is 10.1 Å². The summed E-state index contributed by atoms with van der Waals surface area (Å²) in [5.74, 6) is -0.118. The first-order chi connectivity index (χ1) is 14.6. The Morgan fingerprint density at radius 2 is 1.90 bits per heavy atom. The number of ether oxygens (including phenoxy) is 1. The first-order valence-electron chi connectivity index (χ1n) is 10.1. The minimum Gasteiger partial charge on any atom is -0.466 e. The van der Waals surface area contributed by atoms with Crippen LogP contribution >= 0.6 is 0 Å². The Morgan fingerprint density at radius 1 is 1.10 bits per heavy atom. The lowest BCUT2D eigenvalue weighted by Crippen LogP contribution is -2.64. The molecule has 1 saturated heterocycles. The number of fused-ring (bicyclic) bond motifs is 1. The molecule has 1 aromatic heterocycles. The fourth-order valence-corrected chi connectivity index (χ4v) is 4.31. The number of para-hydroxylation sites is 1. The van der Waals surface area contributed by atoms with Gasteiger partial charge in [0.05, 0.1) is 11.3 Å². The molecule has 0 radical (unpaired) electrons. The summed E-state index contributed by atoms with van der Waals surface area (Å²) < 4.78 is 8.09. The predicted molar refractivity (Wildman–Crippen MR) is 111 cm³/mol. The first-order valence-corrected chi connectivity index (χ1v) is 10.1. The molecule has 0 bridgehead atoms. The van der Waals surface area contributed by atoms with Crippen LogP contribution in [0.5, 0.6) is 5.75 Å². The van der Waals surface area contributed by atoms with E-state index in [2.05, 4.69) is 10.4 Å². The van der Waals surface area contributed by atoms with Crippen molar-refractivity contribution in [2.75, 3.05) is 13.1 Å². The van der Waals surface area contributed by atoms with Gasteiger partial charge in [-0.05, 0) is 30.3 Å². The molecule has 152 valence electrons. The fraction of sp³-hybridized carbons (Fsp3) is 0.261. The number of nitrogens with one attached hydrogen (secondary N) is 1. The van der Waals surface area contributed by atoms with E-state index in [4.69, 9.17) is 4.74 Å². The number of aryl methyl sites for hydroxylation is 1. The van der Waals surface area contributed by atoms with Gasteiger partial charge in [0.1, 0.15) is 5.75 Å². The van der Waals surface area contributed by atoms with E-state index in [0.29, 0.717) is 42.8 Å². The molecule has 3 heterocycles. The number of carbonyl (C=O) groups excluding carboxylic acids is 2. The highest BCUT2D eigenvalue weighted by Crippen LogP contribution is 2.39. The molecule has 7 nitrogen and oxygen atoms in total. The average molecular weight is 402 g/mol. The predicted octanol–water partition coefficient (Wildman–Crippen LogP) is 2.84. The lowest BCUT2D eigenvalue weighted by Gasteiger charge is -2.47. The average Bonchev–Trinajstić information content (AvgIpc) is 3.20. The number of imide groups is 1. The van der Waals surface area contributed by atoms with E-state index in [-0.39, 0.29) is 11.8 Å². The molecule has 5 rings (SSSR count). The van der Waals surface area contributed by atoms with E-state index in [9.17, 15) is 9.59 Å². The minimum atomic E-state index is -0.976. The minimum absolute atomic E-state index is 0.310. The van der Waals surface area contributed by atoms with Crippen LogP contribution in [0.25, 0.3) is 11.3 Å². The van der Waals surface area contributed by atoms with Gasteiger partial charge in [0.15, 0.2) is 5.72 Å². The Labute approximate surface area is 174 Å². The third kappa shape index (κ3) is 2.90. The molecule has 0 aliphatic carbocycles. The van der Waals surface area contributed by atoms with Crippen molar-refractivity contribution in [2.24, 2.45) is 7.05 Å². The monoisotopic (exact) mass is 402 g/mol. The number of piperidine rings is 1. The van der Waals surface area contributed by atoms with Crippen LogP contribution in [0.15, 0.2) is 60.8 Å². The van der Waals surface area contributed by atoms with E-state index in [0.717, 1.165) is 11.3 Å². The summed E-state index contributed by atoms with van der Waals surface area (Å²) >= 11 is 0. The van der Waals surface area contributed by atoms with Gasteiger partial charge in [-0.15, -0.1) is 0 Å². The van der Waals surface area contributed by atoms with Crippen molar-refractivity contribution >= 4 is 11.8 Å². The lowest BCUT2D eigenvalue weighted by molar-refractivity contribution is -0.0776. The number of rotatable bonds is 2. The number of aromatic nitrogens is 2. The number of hydrogen-bond acceptors (Lipinski definition) is 5. The molecule has 2 aliphatic heterocycles. The highest BCUT2D eigenvalue weighted by molar-refractivity contribution is 6.12. The van der Waals surface area contributed by atoms with Gasteiger partial charge in [0, 0.05) is 50.3 Å². The number of hydrogen-bond donors (Lipinski definition) is 1. The molecule has 0 unspecified atom stereocenters. The SMILES string of the molecule is Cn1nccc1-c1cccc(C(=O)N2C(=O)c3ccccc3OC23CCNCC3)c1. The van der Waals surface area contributed by atoms with E-state index in [1.54, 1.807) is 35.1 Å². The Kier molecular flexibility index (Phi) is 4.40. The zero-order valence-corrected chi connectivity index (χ0v) is 16.7. The normalized spacial score (nSPS) is 17.5. The second kappa shape index (κ2) is 7.11. The van der Waals surface area contributed by atoms with Crippen molar-refractivity contribution < 1.29 is 14.3 Å². The van der Waals surface area contributed by atoms with Crippen LogP contribution in [0.4, 0.5) is 0 Å². The molecule has 30 heavy (non-hydrogen) atoms. The number of carbonyl (C=O) groups is 2. The van der Waals surface area contributed by atoms with E-state index in [1.807, 2.05) is 37.4 Å². The zero-order chi connectivity index (χ0) is 20.7. The largest absolute Gasteiger partial charge is 0.466 e. The topological polar surface area (TPSA) is 76.5 Å². The Hall–Kier alpha value is -3.45. The van der Waals surface area contributed by atoms with Gasteiger partial charge in [0.25, 0.3) is 11.8 Å². The highest BCUT2D eigenvalue weighted by Gasteiger charge is 2.50. The fourth-order valence-electron chi connectivity index (χ4n) is 4.31. The van der Waals surface area contributed by atoms with Gasteiger partial charge < -0.3 is 10.1 Å². The molecule has 0 atom stereocenters. The highest BCUT2D eigenvalue weighted by atomic mass is 16.5. The summed E-state index contributed by atoms with van der Waals surface area (Å²) in [7, 11) is 1.85. The summed E-state index contributed by atoms with van der Waals surface area (Å²) in [6.45, 7) is 1.35. The van der Waals surface area contributed by atoms with Crippen molar-refractivity contribution in [3.05, 3.63) is 71.9 Å². The Balaban J connectivity index is 1.58. The van der Waals surface area contributed by atoms with Crippen LogP contribution in [-0.2, 0) is 7.05 Å². The number of nitrogens with zero attached hydrogens (tertiary/aromatic N) is 3. The molecule has 1 fully saturated rings. The maximum atomic E-state index is 13.7. The third-order valence-electron chi connectivity index (χ3n) is 5.84. The number of amides is 2. The van der Waals surface area contributed by atoms with E-state index in [1.165, 1.54) is 4.90 Å².